The molecule has 0 fully saturated rings. The van der Waals surface area contributed by atoms with Gasteiger partial charge in [0.05, 0.1) is 18.7 Å². The molecule has 7 heteroatoms. The Bertz CT molecular complexity index is 1350. The zero-order valence-electron chi connectivity index (χ0n) is 21.0. The van der Waals surface area contributed by atoms with Gasteiger partial charge in [0.2, 0.25) is 0 Å². The summed E-state index contributed by atoms with van der Waals surface area (Å²) < 4.78 is 5.46. The predicted molar refractivity (Wildman–Crippen MR) is 145 cm³/mol. The van der Waals surface area contributed by atoms with E-state index in [1.54, 1.807) is 66.4 Å². The third kappa shape index (κ3) is 5.16. The van der Waals surface area contributed by atoms with Gasteiger partial charge >= 0.3 is 5.97 Å². The van der Waals surface area contributed by atoms with Crippen LogP contribution in [0.15, 0.2) is 84.9 Å². The highest BCUT2D eigenvalue weighted by Gasteiger charge is 2.44. The lowest BCUT2D eigenvalue weighted by molar-refractivity contribution is -0.145. The zero-order valence-corrected chi connectivity index (χ0v) is 21.8. The van der Waals surface area contributed by atoms with Crippen LogP contribution in [0.3, 0.4) is 0 Å². The van der Waals surface area contributed by atoms with E-state index < -0.39 is 24.0 Å². The third-order valence-electron chi connectivity index (χ3n) is 6.70. The Kier molecular flexibility index (Phi) is 7.79. The number of halogens is 1. The number of carbonyl (C=O) groups is 3. The minimum absolute atomic E-state index is 0.151. The van der Waals surface area contributed by atoms with Crippen LogP contribution in [-0.4, -0.2) is 36.5 Å². The second-order valence-corrected chi connectivity index (χ2v) is 9.43. The minimum atomic E-state index is -0.967. The van der Waals surface area contributed by atoms with E-state index in [1.807, 2.05) is 32.0 Å². The second-order valence-electron chi connectivity index (χ2n) is 8.99. The number of carbonyl (C=O) groups excluding carboxylic acids is 3. The Morgan fingerprint density at radius 3 is 2.38 bits per heavy atom. The summed E-state index contributed by atoms with van der Waals surface area (Å²) in [7, 11) is 0. The number of anilines is 1. The molecule has 0 spiro atoms. The van der Waals surface area contributed by atoms with Gasteiger partial charge in [0.1, 0.15) is 5.92 Å². The maximum Gasteiger partial charge on any atom is 0.315 e. The van der Waals surface area contributed by atoms with Crippen molar-refractivity contribution in [3.63, 3.8) is 0 Å². The van der Waals surface area contributed by atoms with E-state index in [2.05, 4.69) is 11.9 Å². The molecule has 3 aromatic carbocycles. The first-order chi connectivity index (χ1) is 17.7. The Labute approximate surface area is 221 Å². The van der Waals surface area contributed by atoms with Crippen molar-refractivity contribution in [1.29, 1.82) is 0 Å². The average molecular weight is 517 g/mol. The number of benzene rings is 3. The highest BCUT2D eigenvalue weighted by atomic mass is 35.5. The monoisotopic (exact) mass is 516 g/mol. The van der Waals surface area contributed by atoms with Crippen LogP contribution in [0, 0.1) is 6.92 Å². The summed E-state index contributed by atoms with van der Waals surface area (Å²) in [5.41, 5.74) is 3.26. The highest BCUT2D eigenvalue weighted by Crippen LogP contribution is 2.41. The maximum absolute atomic E-state index is 13.8. The first-order valence-corrected chi connectivity index (χ1v) is 12.5. The molecule has 0 aromatic heterocycles. The second kappa shape index (κ2) is 11.0. The molecule has 3 atom stereocenters. The van der Waals surface area contributed by atoms with Crippen LogP contribution < -0.4 is 10.2 Å². The van der Waals surface area contributed by atoms with E-state index in [-0.39, 0.29) is 18.4 Å². The molecule has 1 N–H and O–H groups in total. The van der Waals surface area contributed by atoms with Crippen molar-refractivity contribution in [2.45, 2.75) is 38.8 Å². The van der Waals surface area contributed by atoms with Crippen molar-refractivity contribution >= 4 is 35.1 Å². The Hall–Kier alpha value is -3.90. The molecule has 190 valence electrons. The molecule has 1 aliphatic rings. The molecule has 2 amide bonds. The first-order valence-electron chi connectivity index (χ1n) is 12.1. The zero-order chi connectivity index (χ0) is 26.7. The fourth-order valence-electron chi connectivity index (χ4n) is 4.74. The number of esters is 1. The lowest BCUT2D eigenvalue weighted by atomic mass is 9.86. The minimum Gasteiger partial charge on any atom is -0.465 e. The van der Waals surface area contributed by atoms with Crippen molar-refractivity contribution in [2.75, 3.05) is 11.5 Å². The molecule has 37 heavy (non-hydrogen) atoms. The largest absolute Gasteiger partial charge is 0.465 e. The molecule has 1 heterocycles. The molecular formula is C30H29ClN2O4. The van der Waals surface area contributed by atoms with Crippen molar-refractivity contribution in [1.82, 2.24) is 5.32 Å². The number of nitrogens with zero attached hydrogens (tertiary/aromatic N) is 1. The normalized spacial score (nSPS) is 19.0. The number of amides is 2. The number of fused-ring (bicyclic) bond motifs is 1. The van der Waals surface area contributed by atoms with E-state index in [0.717, 1.165) is 5.56 Å². The van der Waals surface area contributed by atoms with Gasteiger partial charge in [0.15, 0.2) is 0 Å². The SMILES string of the molecule is C=C1C(NC(=O)c2ccccc2C)C(C(=O)OCC)c2cc(Cl)ccc2N(C(=O)c2ccccc2)C1C. The highest BCUT2D eigenvalue weighted by molar-refractivity contribution is 6.30. The standard InChI is InChI=1S/C30H29ClN2O4/c1-5-37-30(36)26-24-17-22(31)15-16-25(24)33(29(35)21-12-7-6-8-13-21)20(4)19(3)27(26)32-28(34)23-14-10-9-11-18(23)2/h6-17,20,26-27H,3,5H2,1-2,4H3,(H,32,34). The number of nitrogens with one attached hydrogen (secondary N) is 1. The topological polar surface area (TPSA) is 75.7 Å². The molecule has 1 aliphatic heterocycles. The predicted octanol–water partition coefficient (Wildman–Crippen LogP) is 5.70. The van der Waals surface area contributed by atoms with Crippen LogP contribution >= 0.6 is 11.6 Å². The molecule has 0 aliphatic carbocycles. The summed E-state index contributed by atoms with van der Waals surface area (Å²) in [6, 6.07) is 19.7. The van der Waals surface area contributed by atoms with Gasteiger partial charge in [-0.2, -0.15) is 0 Å². The van der Waals surface area contributed by atoms with Gasteiger partial charge in [-0.25, -0.2) is 0 Å². The van der Waals surface area contributed by atoms with E-state index >= 15 is 0 Å². The number of hydrogen-bond donors (Lipinski definition) is 1. The van der Waals surface area contributed by atoms with E-state index in [1.165, 1.54) is 0 Å². The van der Waals surface area contributed by atoms with Gasteiger partial charge in [0, 0.05) is 21.8 Å². The van der Waals surface area contributed by atoms with Crippen LogP contribution in [0.2, 0.25) is 5.02 Å². The first kappa shape index (κ1) is 26.2. The van der Waals surface area contributed by atoms with Gasteiger partial charge < -0.3 is 15.0 Å². The molecular weight excluding hydrogens is 488 g/mol. The summed E-state index contributed by atoms with van der Waals surface area (Å²) >= 11 is 6.40. The Balaban J connectivity index is 1.88. The van der Waals surface area contributed by atoms with E-state index in [4.69, 9.17) is 16.3 Å². The van der Waals surface area contributed by atoms with Crippen molar-refractivity contribution in [3.8, 4) is 0 Å². The van der Waals surface area contributed by atoms with Crippen LogP contribution in [0.1, 0.15) is 51.6 Å². The van der Waals surface area contributed by atoms with Crippen LogP contribution in [-0.2, 0) is 9.53 Å². The quantitative estimate of drug-likeness (QED) is 0.349. The molecule has 4 rings (SSSR count). The van der Waals surface area contributed by atoms with E-state index in [9.17, 15) is 14.4 Å². The fourth-order valence-corrected chi connectivity index (χ4v) is 4.93. The van der Waals surface area contributed by atoms with Crippen molar-refractivity contribution in [2.24, 2.45) is 0 Å². The van der Waals surface area contributed by atoms with Crippen LogP contribution in [0.4, 0.5) is 5.69 Å². The summed E-state index contributed by atoms with van der Waals surface area (Å²) in [4.78, 5) is 42.3. The van der Waals surface area contributed by atoms with Crippen LogP contribution in [0.5, 0.6) is 0 Å². The van der Waals surface area contributed by atoms with Gasteiger partial charge in [-0.15, -0.1) is 0 Å². The van der Waals surface area contributed by atoms with Gasteiger partial charge in [0.25, 0.3) is 11.8 Å². The van der Waals surface area contributed by atoms with Gasteiger partial charge in [-0.3, -0.25) is 14.4 Å². The summed E-state index contributed by atoms with van der Waals surface area (Å²) in [5, 5.41) is 3.42. The number of rotatable bonds is 5. The van der Waals surface area contributed by atoms with Crippen molar-refractivity contribution < 1.29 is 19.1 Å². The van der Waals surface area contributed by atoms with Gasteiger partial charge in [-0.05, 0) is 73.9 Å². The lowest BCUT2D eigenvalue weighted by Gasteiger charge is -2.31. The number of ether oxygens (including phenoxy) is 1. The molecule has 3 unspecified atom stereocenters. The number of hydrogen-bond acceptors (Lipinski definition) is 4. The molecule has 0 radical (unpaired) electrons. The molecule has 3 aromatic rings. The summed E-state index contributed by atoms with van der Waals surface area (Å²) in [6.45, 7) is 9.83. The van der Waals surface area contributed by atoms with Gasteiger partial charge in [-0.1, -0.05) is 54.6 Å². The maximum atomic E-state index is 13.8. The van der Waals surface area contributed by atoms with Crippen LogP contribution in [0.25, 0.3) is 0 Å². The smallest absolute Gasteiger partial charge is 0.315 e. The molecule has 0 saturated carbocycles. The van der Waals surface area contributed by atoms with E-state index in [0.29, 0.717) is 33.0 Å². The Morgan fingerprint density at radius 1 is 1.03 bits per heavy atom. The molecule has 6 nitrogen and oxygen atoms in total. The molecule has 0 bridgehead atoms. The Morgan fingerprint density at radius 2 is 1.70 bits per heavy atom. The molecule has 0 saturated heterocycles. The summed E-state index contributed by atoms with van der Waals surface area (Å²) in [5.74, 6) is -2.11. The third-order valence-corrected chi connectivity index (χ3v) is 6.93. The lowest BCUT2D eigenvalue weighted by Crippen LogP contribution is -2.47. The van der Waals surface area contributed by atoms with Crippen molar-refractivity contribution in [3.05, 3.63) is 112 Å². The summed E-state index contributed by atoms with van der Waals surface area (Å²) in [6.07, 6.45) is 0. The average Bonchev–Trinajstić information content (AvgIpc) is 2.97. The number of aryl methyl sites for hydroxylation is 1. The fraction of sp³-hybridized carbons (Fsp3) is 0.233.